The molecule has 0 bridgehead atoms. The fourth-order valence-electron chi connectivity index (χ4n) is 1.09. The molecule has 1 amide bonds. The van der Waals surface area contributed by atoms with Crippen LogP contribution < -0.4 is 5.32 Å². The Kier molecular flexibility index (Phi) is 4.12. The van der Waals surface area contributed by atoms with Crippen molar-refractivity contribution in [3.8, 4) is 0 Å². The highest BCUT2D eigenvalue weighted by Gasteiger charge is 2.09. The van der Waals surface area contributed by atoms with E-state index >= 15 is 0 Å². The van der Waals surface area contributed by atoms with E-state index in [2.05, 4.69) is 5.32 Å². The Hall–Kier alpha value is -1.55. The summed E-state index contributed by atoms with van der Waals surface area (Å²) >= 11 is 5.87. The van der Waals surface area contributed by atoms with Crippen molar-refractivity contribution in [3.63, 3.8) is 0 Å². The number of carbonyl (C=O) groups is 2. The Bertz CT molecular complexity index is 379. The van der Waals surface area contributed by atoms with Gasteiger partial charge in [0, 0.05) is 11.6 Å². The highest BCUT2D eigenvalue weighted by atomic mass is 35.5. The molecule has 2 N–H and O–H groups in total. The number of amides is 1. The van der Waals surface area contributed by atoms with E-state index in [1.165, 1.54) is 0 Å². The number of hydrogen-bond acceptors (Lipinski definition) is 2. The lowest BCUT2D eigenvalue weighted by atomic mass is 10.1. The van der Waals surface area contributed by atoms with E-state index in [0.717, 1.165) is 5.56 Å². The first-order valence-corrected chi connectivity index (χ1v) is 4.73. The van der Waals surface area contributed by atoms with Crippen LogP contribution >= 0.6 is 11.6 Å². The first-order valence-electron chi connectivity index (χ1n) is 4.36. The van der Waals surface area contributed by atoms with Gasteiger partial charge in [0.25, 0.3) is 0 Å². The van der Waals surface area contributed by atoms with Crippen LogP contribution in [0.5, 0.6) is 0 Å². The van der Waals surface area contributed by atoms with Gasteiger partial charge in [-0.1, -0.05) is 29.8 Å². The molecule has 0 aliphatic carbocycles. The molecule has 80 valence electrons. The standard InChI is InChI=1S/C10H10ClNO3/c11-8-4-2-1-3-7(8)5-6-12-9(13)10(14)15/h1-4H,5-6H2,(H,12,13)(H,14,15). The van der Waals surface area contributed by atoms with Crippen molar-refractivity contribution < 1.29 is 14.7 Å². The van der Waals surface area contributed by atoms with Crippen molar-refractivity contribution in [1.82, 2.24) is 5.32 Å². The molecule has 15 heavy (non-hydrogen) atoms. The lowest BCUT2D eigenvalue weighted by Gasteiger charge is -2.04. The number of nitrogens with one attached hydrogen (secondary N) is 1. The van der Waals surface area contributed by atoms with Gasteiger partial charge in [-0.3, -0.25) is 4.79 Å². The second kappa shape index (κ2) is 5.36. The molecule has 0 spiro atoms. The van der Waals surface area contributed by atoms with Gasteiger partial charge in [0.1, 0.15) is 0 Å². The second-order valence-electron chi connectivity index (χ2n) is 2.90. The maximum Gasteiger partial charge on any atom is 0.394 e. The molecule has 1 aromatic carbocycles. The second-order valence-corrected chi connectivity index (χ2v) is 3.31. The molecule has 4 nitrogen and oxygen atoms in total. The van der Waals surface area contributed by atoms with Crippen LogP contribution in [0.15, 0.2) is 24.3 Å². The van der Waals surface area contributed by atoms with Crippen LogP contribution in [0.4, 0.5) is 0 Å². The molecule has 0 fully saturated rings. The third-order valence-electron chi connectivity index (χ3n) is 1.83. The van der Waals surface area contributed by atoms with E-state index in [4.69, 9.17) is 16.7 Å². The Morgan fingerprint density at radius 2 is 2.00 bits per heavy atom. The highest BCUT2D eigenvalue weighted by molar-refractivity contribution is 6.31. The molecule has 1 rings (SSSR count). The fourth-order valence-corrected chi connectivity index (χ4v) is 1.32. The number of carboxylic acid groups (broad SMARTS) is 1. The Morgan fingerprint density at radius 3 is 2.60 bits per heavy atom. The molecule has 0 radical (unpaired) electrons. The molecule has 0 saturated carbocycles. The van der Waals surface area contributed by atoms with Gasteiger partial charge >= 0.3 is 11.9 Å². The van der Waals surface area contributed by atoms with E-state index in [1.54, 1.807) is 6.07 Å². The van der Waals surface area contributed by atoms with E-state index in [0.29, 0.717) is 11.4 Å². The molecular formula is C10H10ClNO3. The first kappa shape index (κ1) is 11.5. The average molecular weight is 228 g/mol. The Balaban J connectivity index is 2.42. The van der Waals surface area contributed by atoms with Crippen molar-refractivity contribution in [2.45, 2.75) is 6.42 Å². The van der Waals surface area contributed by atoms with Crippen molar-refractivity contribution >= 4 is 23.5 Å². The zero-order chi connectivity index (χ0) is 11.3. The summed E-state index contributed by atoms with van der Waals surface area (Å²) in [5.41, 5.74) is 0.879. The smallest absolute Gasteiger partial charge is 0.394 e. The highest BCUT2D eigenvalue weighted by Crippen LogP contribution is 2.14. The number of rotatable bonds is 3. The largest absolute Gasteiger partial charge is 0.474 e. The minimum absolute atomic E-state index is 0.259. The first-order chi connectivity index (χ1) is 7.11. The molecule has 0 unspecified atom stereocenters. The maximum atomic E-state index is 10.7. The van der Waals surface area contributed by atoms with Crippen molar-refractivity contribution in [1.29, 1.82) is 0 Å². The molecule has 1 aromatic rings. The van der Waals surface area contributed by atoms with Crippen LogP contribution in [0.3, 0.4) is 0 Å². The summed E-state index contributed by atoms with van der Waals surface area (Å²) in [7, 11) is 0. The number of carbonyl (C=O) groups excluding carboxylic acids is 1. The quantitative estimate of drug-likeness (QED) is 0.760. The van der Waals surface area contributed by atoms with Crippen LogP contribution in [0.1, 0.15) is 5.56 Å². The monoisotopic (exact) mass is 227 g/mol. The van der Waals surface area contributed by atoms with E-state index < -0.39 is 11.9 Å². The normalized spacial score (nSPS) is 9.67. The number of aliphatic carboxylic acids is 1. The summed E-state index contributed by atoms with van der Waals surface area (Å²) in [6, 6.07) is 7.22. The third kappa shape index (κ3) is 3.59. The number of benzene rings is 1. The molecule has 0 atom stereocenters. The van der Waals surface area contributed by atoms with Gasteiger partial charge < -0.3 is 10.4 Å². The van der Waals surface area contributed by atoms with E-state index in [1.807, 2.05) is 18.2 Å². The zero-order valence-electron chi connectivity index (χ0n) is 7.87. The van der Waals surface area contributed by atoms with Crippen molar-refractivity contribution in [2.75, 3.05) is 6.54 Å². The average Bonchev–Trinajstić information content (AvgIpc) is 2.20. The molecule has 0 heterocycles. The van der Waals surface area contributed by atoms with Gasteiger partial charge in [0.15, 0.2) is 0 Å². The van der Waals surface area contributed by atoms with Crippen LogP contribution in [-0.2, 0) is 16.0 Å². The number of hydrogen-bond donors (Lipinski definition) is 2. The Labute approximate surface area is 91.9 Å². The van der Waals surface area contributed by atoms with Crippen LogP contribution in [0.2, 0.25) is 5.02 Å². The van der Waals surface area contributed by atoms with Gasteiger partial charge in [-0.25, -0.2) is 4.79 Å². The predicted octanol–water partition coefficient (Wildman–Crippen LogP) is 1.08. The van der Waals surface area contributed by atoms with Gasteiger partial charge in [0.2, 0.25) is 0 Å². The SMILES string of the molecule is O=C(O)C(=O)NCCc1ccccc1Cl. The van der Waals surface area contributed by atoms with E-state index in [9.17, 15) is 9.59 Å². The summed E-state index contributed by atoms with van der Waals surface area (Å²) < 4.78 is 0. The van der Waals surface area contributed by atoms with Gasteiger partial charge in [-0.15, -0.1) is 0 Å². The third-order valence-corrected chi connectivity index (χ3v) is 2.20. The number of carboxylic acids is 1. The molecule has 5 heteroatoms. The summed E-state index contributed by atoms with van der Waals surface area (Å²) in [6.07, 6.45) is 0.513. The van der Waals surface area contributed by atoms with Crippen molar-refractivity contribution in [2.24, 2.45) is 0 Å². The van der Waals surface area contributed by atoms with Crippen molar-refractivity contribution in [3.05, 3.63) is 34.9 Å². The van der Waals surface area contributed by atoms with E-state index in [-0.39, 0.29) is 6.54 Å². The Morgan fingerprint density at radius 1 is 1.33 bits per heavy atom. The summed E-state index contributed by atoms with van der Waals surface area (Å²) in [6.45, 7) is 0.259. The van der Waals surface area contributed by atoms with Gasteiger partial charge in [-0.05, 0) is 18.1 Å². The molecule has 0 aliphatic heterocycles. The summed E-state index contributed by atoms with van der Waals surface area (Å²) in [5, 5.41) is 11.2. The molecular weight excluding hydrogens is 218 g/mol. The fraction of sp³-hybridized carbons (Fsp3) is 0.200. The lowest BCUT2D eigenvalue weighted by Crippen LogP contribution is -2.32. The number of halogens is 1. The lowest BCUT2D eigenvalue weighted by molar-refractivity contribution is -0.150. The maximum absolute atomic E-state index is 10.7. The summed E-state index contributed by atoms with van der Waals surface area (Å²) in [5.74, 6) is -2.48. The van der Waals surface area contributed by atoms with Gasteiger partial charge in [-0.2, -0.15) is 0 Å². The minimum Gasteiger partial charge on any atom is -0.474 e. The molecule has 0 saturated heterocycles. The molecule has 0 aliphatic rings. The van der Waals surface area contributed by atoms with Crippen LogP contribution in [0.25, 0.3) is 0 Å². The zero-order valence-corrected chi connectivity index (χ0v) is 8.62. The van der Waals surface area contributed by atoms with Crippen LogP contribution in [0, 0.1) is 0 Å². The predicted molar refractivity (Wildman–Crippen MR) is 55.8 cm³/mol. The summed E-state index contributed by atoms with van der Waals surface area (Å²) in [4.78, 5) is 20.8. The topological polar surface area (TPSA) is 66.4 Å². The van der Waals surface area contributed by atoms with Crippen LogP contribution in [-0.4, -0.2) is 23.5 Å². The van der Waals surface area contributed by atoms with Gasteiger partial charge in [0.05, 0.1) is 0 Å². The molecule has 0 aromatic heterocycles. The minimum atomic E-state index is -1.48.